The highest BCUT2D eigenvalue weighted by atomic mass is 14.9. The van der Waals surface area contributed by atoms with Crippen molar-refractivity contribution in [1.82, 2.24) is 0 Å². The number of hydrogen-bond donors (Lipinski definition) is 0. The number of benzene rings is 2. The fraction of sp³-hybridized carbons (Fsp3) is 0.0556. The second kappa shape index (κ2) is 4.06. The Balaban J connectivity index is 2.18. The third-order valence-electron chi connectivity index (χ3n) is 3.77. The summed E-state index contributed by atoms with van der Waals surface area (Å²) in [5.74, 6) is 0. The lowest BCUT2D eigenvalue weighted by molar-refractivity contribution is -0.554. The van der Waals surface area contributed by atoms with Gasteiger partial charge in [-0.05, 0) is 35.6 Å². The van der Waals surface area contributed by atoms with Crippen LogP contribution in [0.15, 0.2) is 66.9 Å². The first-order valence-electron chi connectivity index (χ1n) is 6.61. The van der Waals surface area contributed by atoms with Crippen LogP contribution in [0.3, 0.4) is 0 Å². The fourth-order valence-corrected chi connectivity index (χ4v) is 2.86. The Morgan fingerprint density at radius 1 is 0.842 bits per heavy atom. The van der Waals surface area contributed by atoms with Crippen molar-refractivity contribution < 1.29 is 4.57 Å². The molecule has 0 saturated heterocycles. The maximum Gasteiger partial charge on any atom is 0.226 e. The highest BCUT2D eigenvalue weighted by Crippen LogP contribution is 2.29. The summed E-state index contributed by atoms with van der Waals surface area (Å²) in [4.78, 5) is 0. The van der Waals surface area contributed by atoms with Gasteiger partial charge in [-0.3, -0.25) is 0 Å². The molecule has 3 aromatic rings. The highest BCUT2D eigenvalue weighted by Gasteiger charge is 2.20. The minimum absolute atomic E-state index is 0.992. The molecule has 1 heteroatoms. The van der Waals surface area contributed by atoms with Gasteiger partial charge in [-0.2, -0.15) is 4.57 Å². The minimum Gasteiger partial charge on any atom is -0.166 e. The summed E-state index contributed by atoms with van der Waals surface area (Å²) in [6.45, 7) is 0. The first kappa shape index (κ1) is 10.5. The first-order valence-corrected chi connectivity index (χ1v) is 6.61. The van der Waals surface area contributed by atoms with E-state index in [1.807, 2.05) is 0 Å². The summed E-state index contributed by atoms with van der Waals surface area (Å²) >= 11 is 0. The highest BCUT2D eigenvalue weighted by molar-refractivity contribution is 5.93. The molecule has 2 heterocycles. The third kappa shape index (κ3) is 1.59. The fourth-order valence-electron chi connectivity index (χ4n) is 2.86. The molecule has 0 bridgehead atoms. The molecule has 1 aromatic heterocycles. The number of nitrogens with zero attached hydrogens (tertiary/aromatic N) is 1. The lowest BCUT2D eigenvalue weighted by atomic mass is 9.98. The van der Waals surface area contributed by atoms with Crippen LogP contribution in [0, 0.1) is 0 Å². The Hall–Kier alpha value is -2.41. The largest absolute Gasteiger partial charge is 0.226 e. The van der Waals surface area contributed by atoms with E-state index in [2.05, 4.69) is 77.6 Å². The molecule has 90 valence electrons. The molecule has 0 saturated carbocycles. The lowest BCUT2D eigenvalue weighted by Gasteiger charge is -2.06. The normalized spacial score (nSPS) is 12.8. The van der Waals surface area contributed by atoms with Gasteiger partial charge in [-0.15, -0.1) is 0 Å². The number of aromatic nitrogens is 1. The van der Waals surface area contributed by atoms with E-state index in [9.17, 15) is 0 Å². The van der Waals surface area contributed by atoms with E-state index in [4.69, 9.17) is 0 Å². The van der Waals surface area contributed by atoms with Crippen LogP contribution in [0.2, 0.25) is 0 Å². The predicted molar refractivity (Wildman–Crippen MR) is 78.6 cm³/mol. The maximum absolute atomic E-state index is 2.23. The molecule has 0 radical (unpaired) electrons. The number of fused-ring (bicyclic) bond motifs is 5. The van der Waals surface area contributed by atoms with Crippen molar-refractivity contribution in [1.29, 1.82) is 0 Å². The number of allylic oxidation sites excluding steroid dienone is 1. The molecule has 0 aliphatic carbocycles. The first-order chi connectivity index (χ1) is 9.43. The number of pyridine rings is 1. The van der Waals surface area contributed by atoms with Gasteiger partial charge in [-0.1, -0.05) is 36.4 Å². The van der Waals surface area contributed by atoms with Gasteiger partial charge >= 0.3 is 0 Å². The standard InChI is InChI=1S/C18H14N/c1-3-9-16-14(6-1)8-5-12-19-13-11-15-7-2-4-10-17(15)18(16)19/h1-7,9-13H,8H2/q+1. The van der Waals surface area contributed by atoms with Crippen molar-refractivity contribution in [2.24, 2.45) is 0 Å². The zero-order valence-corrected chi connectivity index (χ0v) is 10.6. The van der Waals surface area contributed by atoms with Crippen molar-refractivity contribution in [3.63, 3.8) is 0 Å². The Morgan fingerprint density at radius 2 is 1.68 bits per heavy atom. The third-order valence-corrected chi connectivity index (χ3v) is 3.77. The molecule has 1 nitrogen and oxygen atoms in total. The Bertz CT molecular complexity index is 800. The predicted octanol–water partition coefficient (Wildman–Crippen LogP) is 3.82. The van der Waals surface area contributed by atoms with Gasteiger partial charge in [0.25, 0.3) is 0 Å². The maximum atomic E-state index is 2.23. The molecule has 0 amide bonds. The van der Waals surface area contributed by atoms with E-state index in [1.165, 1.54) is 27.6 Å². The summed E-state index contributed by atoms with van der Waals surface area (Å²) < 4.78 is 2.23. The Kier molecular flexibility index (Phi) is 2.25. The van der Waals surface area contributed by atoms with E-state index in [1.54, 1.807) is 0 Å². The topological polar surface area (TPSA) is 3.88 Å². The van der Waals surface area contributed by atoms with Gasteiger partial charge in [0.05, 0.1) is 10.9 Å². The average molecular weight is 244 g/mol. The van der Waals surface area contributed by atoms with Crippen molar-refractivity contribution in [2.75, 3.05) is 0 Å². The van der Waals surface area contributed by atoms with Crippen LogP contribution in [0.4, 0.5) is 0 Å². The minimum atomic E-state index is 0.992. The second-order valence-corrected chi connectivity index (χ2v) is 4.90. The van der Waals surface area contributed by atoms with Gasteiger partial charge in [-0.25, -0.2) is 0 Å². The Morgan fingerprint density at radius 3 is 2.68 bits per heavy atom. The Labute approximate surface area is 112 Å². The van der Waals surface area contributed by atoms with Crippen LogP contribution in [0.25, 0.3) is 28.2 Å². The van der Waals surface area contributed by atoms with E-state index in [-0.39, 0.29) is 0 Å². The average Bonchev–Trinajstić information content (AvgIpc) is 2.66. The van der Waals surface area contributed by atoms with E-state index in [0.29, 0.717) is 0 Å². The van der Waals surface area contributed by atoms with Crippen LogP contribution >= 0.6 is 0 Å². The monoisotopic (exact) mass is 244 g/mol. The van der Waals surface area contributed by atoms with Crippen LogP contribution in [-0.4, -0.2) is 0 Å². The smallest absolute Gasteiger partial charge is 0.166 e. The van der Waals surface area contributed by atoms with Gasteiger partial charge in [0.1, 0.15) is 0 Å². The summed E-state index contributed by atoms with van der Waals surface area (Å²) in [5, 5.41) is 2.60. The zero-order chi connectivity index (χ0) is 12.7. The lowest BCUT2D eigenvalue weighted by Crippen LogP contribution is -2.28. The summed E-state index contributed by atoms with van der Waals surface area (Å²) in [6.07, 6.45) is 7.54. The molecule has 4 rings (SSSR count). The summed E-state index contributed by atoms with van der Waals surface area (Å²) in [5.41, 5.74) is 4.02. The van der Waals surface area contributed by atoms with E-state index in [0.717, 1.165) is 6.42 Å². The molecule has 0 N–H and O–H groups in total. The second-order valence-electron chi connectivity index (χ2n) is 4.90. The van der Waals surface area contributed by atoms with Crippen molar-refractivity contribution in [3.8, 4) is 11.3 Å². The molecule has 1 aliphatic rings. The summed E-state index contributed by atoms with van der Waals surface area (Å²) in [7, 11) is 0. The summed E-state index contributed by atoms with van der Waals surface area (Å²) in [6, 6.07) is 19.4. The van der Waals surface area contributed by atoms with Gasteiger partial charge in [0.15, 0.2) is 12.4 Å². The van der Waals surface area contributed by atoms with Gasteiger partial charge < -0.3 is 0 Å². The SMILES string of the molecule is C1=C[n+]2ccc3ccccc3c2-c2ccccc2C1. The van der Waals surface area contributed by atoms with Crippen LogP contribution in [0.5, 0.6) is 0 Å². The molecule has 0 atom stereocenters. The molecule has 2 aromatic carbocycles. The molecule has 0 fully saturated rings. The molecule has 0 unspecified atom stereocenters. The quantitative estimate of drug-likeness (QED) is 0.529. The molecular weight excluding hydrogens is 230 g/mol. The van der Waals surface area contributed by atoms with Crippen molar-refractivity contribution in [3.05, 3.63) is 72.4 Å². The molecule has 1 aliphatic heterocycles. The molecular formula is C18H14N+. The van der Waals surface area contributed by atoms with Crippen molar-refractivity contribution in [2.45, 2.75) is 6.42 Å². The van der Waals surface area contributed by atoms with Gasteiger partial charge in [0.2, 0.25) is 5.69 Å². The number of rotatable bonds is 0. The van der Waals surface area contributed by atoms with Crippen molar-refractivity contribution >= 4 is 17.0 Å². The van der Waals surface area contributed by atoms with Gasteiger partial charge in [0, 0.05) is 6.07 Å². The van der Waals surface area contributed by atoms with Crippen LogP contribution in [-0.2, 0) is 6.42 Å². The van der Waals surface area contributed by atoms with E-state index >= 15 is 0 Å². The zero-order valence-electron chi connectivity index (χ0n) is 10.6. The van der Waals surface area contributed by atoms with Crippen LogP contribution in [0.1, 0.15) is 5.56 Å². The molecule has 0 spiro atoms. The number of hydrogen-bond acceptors (Lipinski definition) is 0. The van der Waals surface area contributed by atoms with Crippen LogP contribution < -0.4 is 4.57 Å². The molecule has 19 heavy (non-hydrogen) atoms. The van der Waals surface area contributed by atoms with E-state index < -0.39 is 0 Å².